The molecule has 0 saturated heterocycles. The lowest BCUT2D eigenvalue weighted by molar-refractivity contribution is -0.129. The van der Waals surface area contributed by atoms with Crippen LogP contribution in [0.1, 0.15) is 67.0 Å². The number of nitrogens with one attached hydrogen (secondary N) is 1. The van der Waals surface area contributed by atoms with Crippen molar-refractivity contribution < 1.29 is 23.9 Å². The van der Waals surface area contributed by atoms with Crippen LogP contribution < -0.4 is 5.32 Å². The Balaban J connectivity index is 1.58. The van der Waals surface area contributed by atoms with Crippen LogP contribution in [-0.2, 0) is 30.6 Å². The first-order valence-corrected chi connectivity index (χ1v) is 12.3. The zero-order valence-corrected chi connectivity index (χ0v) is 20.5. The van der Waals surface area contributed by atoms with E-state index in [4.69, 9.17) is 5.11 Å². The van der Waals surface area contributed by atoms with E-state index in [1.807, 2.05) is 6.92 Å². The smallest absolute Gasteiger partial charge is 0.335 e. The minimum absolute atomic E-state index is 0.0151. The number of carboxylic acid groups (broad SMARTS) is 1. The molecule has 1 aliphatic heterocycles. The summed E-state index contributed by atoms with van der Waals surface area (Å²) < 4.78 is 13.3. The number of aryl methyl sites for hydroxylation is 2. The van der Waals surface area contributed by atoms with Crippen molar-refractivity contribution in [2.24, 2.45) is 0 Å². The van der Waals surface area contributed by atoms with Crippen LogP contribution in [0.3, 0.4) is 0 Å². The molecule has 2 heterocycles. The Morgan fingerprint density at radius 3 is 2.40 bits per heavy atom. The number of carbonyl (C=O) groups is 3. The monoisotopic (exact) mass is 494 g/mol. The first-order valence-electron chi connectivity index (χ1n) is 11.5. The van der Waals surface area contributed by atoms with E-state index in [2.05, 4.69) is 5.32 Å². The van der Waals surface area contributed by atoms with E-state index in [1.54, 1.807) is 47.4 Å². The first-order chi connectivity index (χ1) is 16.7. The van der Waals surface area contributed by atoms with Gasteiger partial charge in [0, 0.05) is 23.2 Å². The van der Waals surface area contributed by atoms with Crippen LogP contribution in [0.2, 0.25) is 0 Å². The average Bonchev–Trinajstić information content (AvgIpc) is 3.21. The molecule has 3 aromatic rings. The van der Waals surface area contributed by atoms with Gasteiger partial charge in [0.15, 0.2) is 0 Å². The topological polar surface area (TPSA) is 86.7 Å². The summed E-state index contributed by atoms with van der Waals surface area (Å²) in [6.45, 7) is 4.49. The highest BCUT2D eigenvalue weighted by atomic mass is 32.1. The van der Waals surface area contributed by atoms with Crippen LogP contribution in [0.25, 0.3) is 0 Å². The van der Waals surface area contributed by atoms with E-state index < -0.39 is 5.97 Å². The van der Waals surface area contributed by atoms with Gasteiger partial charge in [0.1, 0.15) is 5.82 Å². The number of benzene rings is 2. The molecule has 1 aliphatic rings. The average molecular weight is 495 g/mol. The maximum Gasteiger partial charge on any atom is 0.335 e. The summed E-state index contributed by atoms with van der Waals surface area (Å²) in [5.41, 5.74) is 3.65. The second-order valence-corrected chi connectivity index (χ2v) is 9.93. The maximum absolute atomic E-state index is 13.5. The zero-order valence-electron chi connectivity index (χ0n) is 19.6. The van der Waals surface area contributed by atoms with Crippen molar-refractivity contribution in [3.63, 3.8) is 0 Å². The van der Waals surface area contributed by atoms with Gasteiger partial charge in [-0.05, 0) is 67.1 Å². The molecule has 8 heteroatoms. The molecule has 2 N–H and O–H groups in total. The van der Waals surface area contributed by atoms with E-state index >= 15 is 0 Å². The number of carboxylic acids is 1. The van der Waals surface area contributed by atoms with Crippen LogP contribution in [0.4, 0.5) is 4.39 Å². The molecule has 2 aromatic carbocycles. The standard InChI is InChI=1S/C27H27FN2O4S/c1-16(19-6-8-20(9-7-19)27(33)34)29-26(32)25-22-13-14-30(17(2)31)15-24(22)35-23(25)12-5-18-3-10-21(28)11-4-18/h3-4,6-11,16H,5,12-15H2,1-2H3,(H,29,32)(H,33,34). The van der Waals surface area contributed by atoms with Gasteiger partial charge in [-0.2, -0.15) is 0 Å². The molecule has 0 saturated carbocycles. The van der Waals surface area contributed by atoms with Crippen molar-refractivity contribution in [2.45, 2.75) is 45.7 Å². The maximum atomic E-state index is 13.5. The molecule has 1 atom stereocenters. The number of amides is 2. The van der Waals surface area contributed by atoms with Gasteiger partial charge >= 0.3 is 5.97 Å². The summed E-state index contributed by atoms with van der Waals surface area (Å²) in [7, 11) is 0. The molecular formula is C27H27FN2O4S. The Bertz CT molecular complexity index is 1250. The lowest BCUT2D eigenvalue weighted by Gasteiger charge is -2.26. The molecular weight excluding hydrogens is 467 g/mol. The number of hydrogen-bond donors (Lipinski definition) is 2. The van der Waals surface area contributed by atoms with Crippen molar-refractivity contribution in [1.29, 1.82) is 0 Å². The van der Waals surface area contributed by atoms with E-state index in [-0.39, 0.29) is 29.2 Å². The Morgan fingerprint density at radius 2 is 1.77 bits per heavy atom. The van der Waals surface area contributed by atoms with Crippen molar-refractivity contribution >= 4 is 29.1 Å². The normalized spacial score (nSPS) is 13.7. The summed E-state index contributed by atoms with van der Waals surface area (Å²) in [6, 6.07) is 12.5. The largest absolute Gasteiger partial charge is 0.478 e. The number of nitrogens with zero attached hydrogens (tertiary/aromatic N) is 1. The minimum Gasteiger partial charge on any atom is -0.478 e. The number of rotatable bonds is 7. The fourth-order valence-electron chi connectivity index (χ4n) is 4.34. The second kappa shape index (κ2) is 10.4. The molecule has 182 valence electrons. The fourth-order valence-corrected chi connectivity index (χ4v) is 5.71. The SMILES string of the molecule is CC(=O)N1CCc2c(sc(CCc3ccc(F)cc3)c2C(=O)NC(C)c2ccc(C(=O)O)cc2)C1. The van der Waals surface area contributed by atoms with Crippen molar-refractivity contribution in [3.05, 3.63) is 91.9 Å². The van der Waals surface area contributed by atoms with Gasteiger partial charge in [-0.25, -0.2) is 9.18 Å². The molecule has 4 rings (SSSR count). The Morgan fingerprint density at radius 1 is 1.09 bits per heavy atom. The summed E-state index contributed by atoms with van der Waals surface area (Å²) in [5, 5.41) is 12.2. The lowest BCUT2D eigenvalue weighted by Crippen LogP contribution is -2.35. The number of halogens is 1. The summed E-state index contributed by atoms with van der Waals surface area (Å²) >= 11 is 1.57. The quantitative estimate of drug-likeness (QED) is 0.496. The highest BCUT2D eigenvalue weighted by Crippen LogP contribution is 2.34. The Labute approximate surface area is 207 Å². The molecule has 6 nitrogen and oxygen atoms in total. The van der Waals surface area contributed by atoms with Crippen LogP contribution in [-0.4, -0.2) is 34.3 Å². The number of thiophene rings is 1. The van der Waals surface area contributed by atoms with Gasteiger partial charge in [-0.3, -0.25) is 9.59 Å². The van der Waals surface area contributed by atoms with Crippen LogP contribution in [0, 0.1) is 5.82 Å². The zero-order chi connectivity index (χ0) is 25.1. The number of carbonyl (C=O) groups excluding carboxylic acids is 2. The molecule has 35 heavy (non-hydrogen) atoms. The molecule has 0 bridgehead atoms. The van der Waals surface area contributed by atoms with Crippen molar-refractivity contribution in [1.82, 2.24) is 10.2 Å². The highest BCUT2D eigenvalue weighted by molar-refractivity contribution is 7.12. The Kier molecular flexibility index (Phi) is 7.31. The summed E-state index contributed by atoms with van der Waals surface area (Å²) in [6.07, 6.45) is 1.92. The van der Waals surface area contributed by atoms with Crippen LogP contribution >= 0.6 is 11.3 Å². The van der Waals surface area contributed by atoms with Gasteiger partial charge < -0.3 is 15.3 Å². The van der Waals surface area contributed by atoms with Gasteiger partial charge in [-0.1, -0.05) is 24.3 Å². The summed E-state index contributed by atoms with van der Waals surface area (Å²) in [4.78, 5) is 40.3. The molecule has 0 fully saturated rings. The minimum atomic E-state index is -0.997. The van der Waals surface area contributed by atoms with Crippen molar-refractivity contribution in [3.8, 4) is 0 Å². The molecule has 2 amide bonds. The number of fused-ring (bicyclic) bond motifs is 1. The lowest BCUT2D eigenvalue weighted by atomic mass is 9.98. The predicted octanol–water partition coefficient (Wildman–Crippen LogP) is 4.77. The van der Waals surface area contributed by atoms with Gasteiger partial charge in [0.2, 0.25) is 5.91 Å². The predicted molar refractivity (Wildman–Crippen MR) is 132 cm³/mol. The molecule has 0 aliphatic carbocycles. The van der Waals surface area contributed by atoms with Crippen LogP contribution in [0.15, 0.2) is 48.5 Å². The van der Waals surface area contributed by atoms with E-state index in [0.29, 0.717) is 37.9 Å². The Hall–Kier alpha value is -3.52. The number of aromatic carboxylic acids is 1. The molecule has 1 unspecified atom stereocenters. The van der Waals surface area contributed by atoms with Crippen LogP contribution in [0.5, 0.6) is 0 Å². The molecule has 0 spiro atoms. The third kappa shape index (κ3) is 5.59. The summed E-state index contributed by atoms with van der Waals surface area (Å²) in [5.74, 6) is -1.44. The number of hydrogen-bond acceptors (Lipinski definition) is 4. The van der Waals surface area contributed by atoms with Gasteiger partial charge in [0.05, 0.1) is 23.7 Å². The van der Waals surface area contributed by atoms with E-state index in [9.17, 15) is 18.8 Å². The highest BCUT2D eigenvalue weighted by Gasteiger charge is 2.29. The molecule has 0 radical (unpaired) electrons. The third-order valence-electron chi connectivity index (χ3n) is 6.36. The molecule has 1 aromatic heterocycles. The van der Waals surface area contributed by atoms with Gasteiger partial charge in [0.25, 0.3) is 5.91 Å². The van der Waals surface area contributed by atoms with Gasteiger partial charge in [-0.15, -0.1) is 11.3 Å². The van der Waals surface area contributed by atoms with E-state index in [1.165, 1.54) is 24.3 Å². The fraction of sp³-hybridized carbons (Fsp3) is 0.296. The van der Waals surface area contributed by atoms with E-state index in [0.717, 1.165) is 26.4 Å². The third-order valence-corrected chi connectivity index (χ3v) is 7.64. The van der Waals surface area contributed by atoms with Crippen molar-refractivity contribution in [2.75, 3.05) is 6.54 Å². The first kappa shape index (κ1) is 24.6. The second-order valence-electron chi connectivity index (χ2n) is 8.74.